The van der Waals surface area contributed by atoms with Crippen LogP contribution in [0.5, 0.6) is 0 Å². The lowest BCUT2D eigenvalue weighted by Gasteiger charge is -2.35. The molecule has 0 radical (unpaired) electrons. The molecule has 0 spiro atoms. The molecular formula is C16H22FN3O. The second-order valence-corrected chi connectivity index (χ2v) is 6.39. The Hall–Kier alpha value is -1.62. The van der Waals surface area contributed by atoms with Crippen LogP contribution in [-0.2, 0) is 6.42 Å². The van der Waals surface area contributed by atoms with Gasteiger partial charge in [0.15, 0.2) is 0 Å². The number of piperidine rings is 1. The number of hydrogen-bond donors (Lipinski definition) is 2. The zero-order valence-electron chi connectivity index (χ0n) is 12.3. The van der Waals surface area contributed by atoms with Crippen LogP contribution in [0.2, 0.25) is 0 Å². The highest BCUT2D eigenvalue weighted by atomic mass is 19.1. The van der Waals surface area contributed by atoms with Crippen LogP contribution in [-0.4, -0.2) is 35.7 Å². The van der Waals surface area contributed by atoms with Gasteiger partial charge in [0.25, 0.3) is 0 Å². The topological polar surface area (TPSA) is 58.4 Å². The Bertz CT molecular complexity index is 536. The van der Waals surface area contributed by atoms with Gasteiger partial charge < -0.3 is 16.0 Å². The highest BCUT2D eigenvalue weighted by Crippen LogP contribution is 2.30. The lowest BCUT2D eigenvalue weighted by Crippen LogP contribution is -2.51. The number of nitrogens with two attached hydrogens (primary N) is 1. The standard InChI is InChI=1S/C16H22FN3O/c1-16(17)6-8-20(9-7-16)15(21)19-13-10-11-4-2-3-5-12(11)14(13)18/h2-5,13-14H,6-10,18H2,1H3,(H,19,21)/t13-,14-/m1/s1. The van der Waals surface area contributed by atoms with Crippen molar-refractivity contribution in [2.24, 2.45) is 5.73 Å². The van der Waals surface area contributed by atoms with E-state index in [-0.39, 0.29) is 18.1 Å². The maximum absolute atomic E-state index is 13.8. The highest BCUT2D eigenvalue weighted by Gasteiger charge is 2.34. The smallest absolute Gasteiger partial charge is 0.317 e. The van der Waals surface area contributed by atoms with Crippen molar-refractivity contribution in [3.63, 3.8) is 0 Å². The molecule has 1 aliphatic heterocycles. The summed E-state index contributed by atoms with van der Waals surface area (Å²) in [4.78, 5) is 14.0. The number of nitrogens with one attached hydrogen (secondary N) is 1. The molecule has 0 unspecified atom stereocenters. The van der Waals surface area contributed by atoms with Crippen LogP contribution in [0.1, 0.15) is 36.9 Å². The number of alkyl halides is 1. The predicted molar refractivity (Wildman–Crippen MR) is 79.7 cm³/mol. The summed E-state index contributed by atoms with van der Waals surface area (Å²) in [7, 11) is 0. The van der Waals surface area contributed by atoms with Crippen molar-refractivity contribution in [2.75, 3.05) is 13.1 Å². The van der Waals surface area contributed by atoms with Gasteiger partial charge in [-0.05, 0) is 37.3 Å². The Morgan fingerprint density at radius 1 is 1.38 bits per heavy atom. The van der Waals surface area contributed by atoms with Crippen molar-refractivity contribution >= 4 is 6.03 Å². The molecule has 3 rings (SSSR count). The quantitative estimate of drug-likeness (QED) is 0.833. The van der Waals surface area contributed by atoms with Gasteiger partial charge in [0.2, 0.25) is 0 Å². The first-order valence-corrected chi connectivity index (χ1v) is 7.54. The van der Waals surface area contributed by atoms with Gasteiger partial charge in [0, 0.05) is 13.1 Å². The number of carbonyl (C=O) groups is 1. The third-order valence-electron chi connectivity index (χ3n) is 4.69. The molecule has 2 aliphatic rings. The van der Waals surface area contributed by atoms with Gasteiger partial charge in [-0.1, -0.05) is 24.3 Å². The largest absolute Gasteiger partial charge is 0.333 e. The molecule has 1 heterocycles. The number of likely N-dealkylation sites (tertiary alicyclic amines) is 1. The van der Waals surface area contributed by atoms with Crippen LogP contribution >= 0.6 is 0 Å². The Kier molecular flexibility index (Phi) is 3.61. The minimum atomic E-state index is -1.14. The molecule has 1 saturated heterocycles. The van der Waals surface area contributed by atoms with Crippen molar-refractivity contribution in [1.82, 2.24) is 10.2 Å². The van der Waals surface area contributed by atoms with E-state index in [2.05, 4.69) is 11.4 Å². The Labute approximate surface area is 124 Å². The van der Waals surface area contributed by atoms with E-state index in [9.17, 15) is 9.18 Å². The number of amides is 2. The number of urea groups is 1. The summed E-state index contributed by atoms with van der Waals surface area (Å²) in [6.45, 7) is 2.53. The summed E-state index contributed by atoms with van der Waals surface area (Å²) in [5.74, 6) is 0. The van der Waals surface area contributed by atoms with Gasteiger partial charge in [-0.15, -0.1) is 0 Å². The molecule has 21 heavy (non-hydrogen) atoms. The van der Waals surface area contributed by atoms with E-state index >= 15 is 0 Å². The van der Waals surface area contributed by atoms with E-state index in [4.69, 9.17) is 5.73 Å². The average molecular weight is 291 g/mol. The molecule has 4 nitrogen and oxygen atoms in total. The number of rotatable bonds is 1. The van der Waals surface area contributed by atoms with Crippen molar-refractivity contribution in [3.05, 3.63) is 35.4 Å². The Morgan fingerprint density at radius 3 is 2.71 bits per heavy atom. The summed E-state index contributed by atoms with van der Waals surface area (Å²) in [5.41, 5.74) is 7.38. The minimum absolute atomic E-state index is 0.0754. The summed E-state index contributed by atoms with van der Waals surface area (Å²) < 4.78 is 13.8. The Balaban J connectivity index is 1.60. The van der Waals surface area contributed by atoms with Gasteiger partial charge in [-0.25, -0.2) is 9.18 Å². The molecule has 1 aromatic carbocycles. The van der Waals surface area contributed by atoms with Crippen molar-refractivity contribution in [1.29, 1.82) is 0 Å². The highest BCUT2D eigenvalue weighted by molar-refractivity contribution is 5.75. The van der Waals surface area contributed by atoms with Gasteiger partial charge in [-0.2, -0.15) is 0 Å². The number of fused-ring (bicyclic) bond motifs is 1. The first-order chi connectivity index (χ1) is 9.96. The van der Waals surface area contributed by atoms with Gasteiger partial charge in [0.1, 0.15) is 5.67 Å². The SMILES string of the molecule is CC1(F)CCN(C(=O)N[C@@H]2Cc3ccccc3[C@H]2N)CC1. The van der Waals surface area contributed by atoms with E-state index in [1.807, 2.05) is 18.2 Å². The fraction of sp³-hybridized carbons (Fsp3) is 0.562. The molecule has 5 heteroatoms. The summed E-state index contributed by atoms with van der Waals surface area (Å²) in [6.07, 6.45) is 1.56. The fourth-order valence-corrected chi connectivity index (χ4v) is 3.19. The van der Waals surface area contributed by atoms with Crippen LogP contribution in [0.4, 0.5) is 9.18 Å². The van der Waals surface area contributed by atoms with Crippen LogP contribution in [0.15, 0.2) is 24.3 Å². The van der Waals surface area contributed by atoms with E-state index in [0.717, 1.165) is 12.0 Å². The number of halogens is 1. The van der Waals surface area contributed by atoms with E-state index in [1.165, 1.54) is 5.56 Å². The van der Waals surface area contributed by atoms with Gasteiger partial charge >= 0.3 is 6.03 Å². The molecule has 1 aliphatic carbocycles. The molecule has 1 aromatic rings. The van der Waals surface area contributed by atoms with Crippen molar-refractivity contribution in [3.8, 4) is 0 Å². The predicted octanol–water partition coefficient (Wildman–Crippen LogP) is 2.14. The molecule has 0 bridgehead atoms. The van der Waals surface area contributed by atoms with Gasteiger partial charge in [0.05, 0.1) is 12.1 Å². The van der Waals surface area contributed by atoms with Crippen LogP contribution in [0, 0.1) is 0 Å². The van der Waals surface area contributed by atoms with Crippen molar-refractivity contribution in [2.45, 2.75) is 43.9 Å². The number of nitrogens with zero attached hydrogens (tertiary/aromatic N) is 1. The summed E-state index contributed by atoms with van der Waals surface area (Å²) in [5, 5.41) is 3.01. The summed E-state index contributed by atoms with van der Waals surface area (Å²) in [6, 6.07) is 7.66. The molecule has 0 saturated carbocycles. The van der Waals surface area contributed by atoms with E-state index < -0.39 is 5.67 Å². The lowest BCUT2D eigenvalue weighted by molar-refractivity contribution is 0.0861. The third-order valence-corrected chi connectivity index (χ3v) is 4.69. The normalized spacial score (nSPS) is 27.3. The van der Waals surface area contributed by atoms with Crippen molar-refractivity contribution < 1.29 is 9.18 Å². The van der Waals surface area contributed by atoms with Crippen LogP contribution in [0.3, 0.4) is 0 Å². The molecule has 2 atom stereocenters. The maximum Gasteiger partial charge on any atom is 0.317 e. The van der Waals surface area contributed by atoms with Crippen LogP contribution < -0.4 is 11.1 Å². The molecule has 114 valence electrons. The molecule has 2 amide bonds. The maximum atomic E-state index is 13.8. The summed E-state index contributed by atoms with van der Waals surface area (Å²) >= 11 is 0. The fourth-order valence-electron chi connectivity index (χ4n) is 3.19. The van der Waals surface area contributed by atoms with Gasteiger partial charge in [-0.3, -0.25) is 0 Å². The molecule has 3 N–H and O–H groups in total. The third kappa shape index (κ3) is 2.88. The number of benzene rings is 1. The number of carbonyl (C=O) groups excluding carboxylic acids is 1. The van der Waals surface area contributed by atoms with Crippen LogP contribution in [0.25, 0.3) is 0 Å². The first kappa shape index (κ1) is 14.3. The second kappa shape index (κ2) is 5.30. The van der Waals surface area contributed by atoms with E-state index in [1.54, 1.807) is 11.8 Å². The first-order valence-electron chi connectivity index (χ1n) is 7.54. The van der Waals surface area contributed by atoms with E-state index in [0.29, 0.717) is 25.9 Å². The zero-order valence-corrected chi connectivity index (χ0v) is 12.3. The average Bonchev–Trinajstić information content (AvgIpc) is 2.76. The zero-order chi connectivity index (χ0) is 15.0. The molecular weight excluding hydrogens is 269 g/mol. The monoisotopic (exact) mass is 291 g/mol. The number of hydrogen-bond acceptors (Lipinski definition) is 2. The Morgan fingerprint density at radius 2 is 2.05 bits per heavy atom. The second-order valence-electron chi connectivity index (χ2n) is 6.39. The molecule has 1 fully saturated rings. The molecule has 0 aromatic heterocycles. The lowest BCUT2D eigenvalue weighted by atomic mass is 9.96. The minimum Gasteiger partial charge on any atom is -0.333 e.